The lowest BCUT2D eigenvalue weighted by Crippen LogP contribution is -2.41. The van der Waals surface area contributed by atoms with E-state index in [-0.39, 0.29) is 24.6 Å². The molecule has 5 heteroatoms. The Bertz CT molecular complexity index is 337. The molecular weight excluding hydrogens is 303 g/mol. The van der Waals surface area contributed by atoms with E-state index in [1.165, 1.54) is 51.4 Å². The van der Waals surface area contributed by atoms with Crippen LogP contribution in [-0.2, 0) is 18.8 Å². The zero-order valence-corrected chi connectivity index (χ0v) is 16.3. The Hall–Kier alpha value is -0.0951. The highest BCUT2D eigenvalue weighted by molar-refractivity contribution is 6.45. The molecule has 0 unspecified atom stereocenters. The van der Waals surface area contributed by atoms with Gasteiger partial charge < -0.3 is 18.8 Å². The van der Waals surface area contributed by atoms with Crippen molar-refractivity contribution >= 4 is 7.12 Å². The summed E-state index contributed by atoms with van der Waals surface area (Å²) >= 11 is 0. The van der Waals surface area contributed by atoms with Gasteiger partial charge in [0.25, 0.3) is 0 Å². The predicted octanol–water partition coefficient (Wildman–Crippen LogP) is 4.96. The highest BCUT2D eigenvalue weighted by Gasteiger charge is 2.50. The molecule has 0 aromatic carbocycles. The van der Waals surface area contributed by atoms with Gasteiger partial charge in [0.05, 0.1) is 24.4 Å². The van der Waals surface area contributed by atoms with E-state index in [0.717, 1.165) is 26.0 Å². The lowest BCUT2D eigenvalue weighted by molar-refractivity contribution is -0.0480. The topological polar surface area (TPSA) is 36.9 Å². The van der Waals surface area contributed by atoms with E-state index in [1.807, 2.05) is 0 Å². The maximum absolute atomic E-state index is 6.04. The van der Waals surface area contributed by atoms with Crippen LogP contribution in [0.1, 0.15) is 85.5 Å². The van der Waals surface area contributed by atoms with Crippen LogP contribution >= 0.6 is 0 Å². The Morgan fingerprint density at radius 3 is 1.71 bits per heavy atom. The van der Waals surface area contributed by atoms with Gasteiger partial charge >= 0.3 is 7.12 Å². The third-order valence-electron chi connectivity index (χ3n) is 5.62. The molecule has 0 aromatic heterocycles. The SMILES string of the molecule is CC1(C)OB(CCCCCCCCCCC2OCCO2)OC1(C)C. The second kappa shape index (κ2) is 9.56. The van der Waals surface area contributed by atoms with Crippen molar-refractivity contribution in [3.8, 4) is 0 Å². The van der Waals surface area contributed by atoms with Gasteiger partial charge in [-0.15, -0.1) is 0 Å². The van der Waals surface area contributed by atoms with Gasteiger partial charge in [-0.3, -0.25) is 0 Å². The van der Waals surface area contributed by atoms with Crippen molar-refractivity contribution in [1.82, 2.24) is 0 Å². The van der Waals surface area contributed by atoms with Gasteiger partial charge in [0, 0.05) is 0 Å². The molecule has 0 amide bonds. The molecule has 2 fully saturated rings. The molecule has 0 radical (unpaired) electrons. The Morgan fingerprint density at radius 2 is 1.17 bits per heavy atom. The minimum atomic E-state index is -0.188. The number of hydrogen-bond donors (Lipinski definition) is 0. The molecule has 24 heavy (non-hydrogen) atoms. The van der Waals surface area contributed by atoms with Crippen LogP contribution in [0.25, 0.3) is 0 Å². The normalized spacial score (nSPS) is 23.2. The van der Waals surface area contributed by atoms with E-state index in [4.69, 9.17) is 18.8 Å². The summed E-state index contributed by atoms with van der Waals surface area (Å²) in [6.07, 6.45) is 12.5. The summed E-state index contributed by atoms with van der Waals surface area (Å²) in [7, 11) is -0.0185. The summed E-state index contributed by atoms with van der Waals surface area (Å²) in [5.41, 5.74) is -0.376. The first-order chi connectivity index (χ1) is 11.4. The predicted molar refractivity (Wildman–Crippen MR) is 98.1 cm³/mol. The van der Waals surface area contributed by atoms with Gasteiger partial charge in [0.15, 0.2) is 6.29 Å². The monoisotopic (exact) mass is 340 g/mol. The van der Waals surface area contributed by atoms with Crippen LogP contribution in [0, 0.1) is 0 Å². The van der Waals surface area contributed by atoms with Crippen molar-refractivity contribution in [2.45, 2.75) is 109 Å². The van der Waals surface area contributed by atoms with Crippen molar-refractivity contribution in [3.63, 3.8) is 0 Å². The molecule has 4 nitrogen and oxygen atoms in total. The first-order valence-corrected chi connectivity index (χ1v) is 9.99. The van der Waals surface area contributed by atoms with Crippen LogP contribution in [0.5, 0.6) is 0 Å². The van der Waals surface area contributed by atoms with Crippen LogP contribution in [0.4, 0.5) is 0 Å². The fraction of sp³-hybridized carbons (Fsp3) is 1.00. The fourth-order valence-corrected chi connectivity index (χ4v) is 3.34. The molecule has 0 N–H and O–H groups in total. The van der Waals surface area contributed by atoms with E-state index < -0.39 is 0 Å². The maximum Gasteiger partial charge on any atom is 0.457 e. The van der Waals surface area contributed by atoms with Crippen molar-refractivity contribution in [3.05, 3.63) is 0 Å². The number of hydrogen-bond acceptors (Lipinski definition) is 4. The number of rotatable bonds is 11. The van der Waals surface area contributed by atoms with Gasteiger partial charge in [0.1, 0.15) is 0 Å². The van der Waals surface area contributed by atoms with Crippen LogP contribution < -0.4 is 0 Å². The fourth-order valence-electron chi connectivity index (χ4n) is 3.34. The molecule has 0 aliphatic carbocycles. The summed E-state index contributed by atoms with van der Waals surface area (Å²) in [5.74, 6) is 0. The van der Waals surface area contributed by atoms with Crippen LogP contribution in [0.2, 0.25) is 6.32 Å². The molecule has 2 heterocycles. The molecule has 0 bridgehead atoms. The zero-order valence-electron chi connectivity index (χ0n) is 16.3. The average Bonchev–Trinajstić information content (AvgIpc) is 3.07. The van der Waals surface area contributed by atoms with Crippen LogP contribution in [-0.4, -0.2) is 37.8 Å². The van der Waals surface area contributed by atoms with Gasteiger partial charge in [-0.25, -0.2) is 0 Å². The summed E-state index contributed by atoms with van der Waals surface area (Å²) in [6.45, 7) is 10.0. The molecule has 0 aromatic rings. The van der Waals surface area contributed by atoms with Crippen molar-refractivity contribution in [1.29, 1.82) is 0 Å². The number of unbranched alkanes of at least 4 members (excludes halogenated alkanes) is 7. The molecule has 0 saturated carbocycles. The standard InChI is InChI=1S/C19H37BO4/c1-18(2)19(3,4)24-20(23-18)14-12-10-8-6-5-7-9-11-13-17-21-15-16-22-17/h17H,5-16H2,1-4H3. The largest absolute Gasteiger partial charge is 0.457 e. The third kappa shape index (κ3) is 6.32. The van der Waals surface area contributed by atoms with E-state index in [1.54, 1.807) is 0 Å². The smallest absolute Gasteiger partial charge is 0.403 e. The molecular formula is C19H37BO4. The van der Waals surface area contributed by atoms with Crippen LogP contribution in [0.3, 0.4) is 0 Å². The zero-order chi connectivity index (χ0) is 17.5. The first-order valence-electron chi connectivity index (χ1n) is 9.99. The lowest BCUT2D eigenvalue weighted by Gasteiger charge is -2.32. The van der Waals surface area contributed by atoms with Crippen molar-refractivity contribution in [2.24, 2.45) is 0 Å². The number of ether oxygens (including phenoxy) is 2. The molecule has 2 rings (SSSR count). The Kier molecular flexibility index (Phi) is 8.05. The van der Waals surface area contributed by atoms with Gasteiger partial charge in [-0.05, 0) is 46.9 Å². The van der Waals surface area contributed by atoms with E-state index in [0.29, 0.717) is 0 Å². The molecule has 2 aliphatic rings. The maximum atomic E-state index is 6.04. The minimum absolute atomic E-state index is 0.0185. The van der Waals surface area contributed by atoms with Crippen molar-refractivity contribution in [2.75, 3.05) is 13.2 Å². The second-order valence-corrected chi connectivity index (χ2v) is 8.26. The Labute approximate surface area is 149 Å². The summed E-state index contributed by atoms with van der Waals surface area (Å²) in [5, 5.41) is 0. The Balaban J connectivity index is 1.37. The minimum Gasteiger partial charge on any atom is -0.403 e. The second-order valence-electron chi connectivity index (χ2n) is 8.26. The first kappa shape index (κ1) is 20.2. The quantitative estimate of drug-likeness (QED) is 0.393. The van der Waals surface area contributed by atoms with Crippen molar-refractivity contribution < 1.29 is 18.8 Å². The van der Waals surface area contributed by atoms with Gasteiger partial charge in [-0.2, -0.15) is 0 Å². The van der Waals surface area contributed by atoms with E-state index >= 15 is 0 Å². The molecule has 2 aliphatic heterocycles. The van der Waals surface area contributed by atoms with Gasteiger partial charge in [-0.1, -0.05) is 44.9 Å². The molecule has 2 saturated heterocycles. The summed E-state index contributed by atoms with van der Waals surface area (Å²) in [4.78, 5) is 0. The molecule has 0 atom stereocenters. The van der Waals surface area contributed by atoms with E-state index in [9.17, 15) is 0 Å². The van der Waals surface area contributed by atoms with E-state index in [2.05, 4.69) is 27.7 Å². The van der Waals surface area contributed by atoms with Crippen LogP contribution in [0.15, 0.2) is 0 Å². The summed E-state index contributed by atoms with van der Waals surface area (Å²) in [6, 6.07) is 0. The Morgan fingerprint density at radius 1 is 0.708 bits per heavy atom. The summed E-state index contributed by atoms with van der Waals surface area (Å²) < 4.78 is 23.0. The highest BCUT2D eigenvalue weighted by atomic mass is 16.7. The highest BCUT2D eigenvalue weighted by Crippen LogP contribution is 2.38. The van der Waals surface area contributed by atoms with Gasteiger partial charge in [0.2, 0.25) is 0 Å². The lowest BCUT2D eigenvalue weighted by atomic mass is 9.82. The molecule has 0 spiro atoms. The average molecular weight is 340 g/mol. The third-order valence-corrected chi connectivity index (χ3v) is 5.62. The molecule has 140 valence electrons.